The summed E-state index contributed by atoms with van der Waals surface area (Å²) in [5, 5.41) is 14.0. The summed E-state index contributed by atoms with van der Waals surface area (Å²) in [4.78, 5) is 15.1. The number of amides is 1. The van der Waals surface area contributed by atoms with Gasteiger partial charge in [0, 0.05) is 24.8 Å². The van der Waals surface area contributed by atoms with Gasteiger partial charge >= 0.3 is 0 Å². The van der Waals surface area contributed by atoms with Crippen molar-refractivity contribution in [3.05, 3.63) is 65.7 Å². The lowest BCUT2D eigenvalue weighted by Gasteiger charge is -2.07. The van der Waals surface area contributed by atoms with Crippen LogP contribution in [-0.4, -0.2) is 17.2 Å². The summed E-state index contributed by atoms with van der Waals surface area (Å²) >= 11 is 0. The van der Waals surface area contributed by atoms with E-state index in [9.17, 15) is 18.7 Å². The molecule has 0 unspecified atom stereocenters. The van der Waals surface area contributed by atoms with E-state index in [1.54, 1.807) is 12.1 Å². The SMILES string of the molecule is CC(=O)Nc1cc(N=Cc2c(O)ccc3ccccc23)c(F)cc1F. The fourth-order valence-corrected chi connectivity index (χ4v) is 2.48. The van der Waals surface area contributed by atoms with Crippen LogP contribution in [0.3, 0.4) is 0 Å². The van der Waals surface area contributed by atoms with E-state index in [4.69, 9.17) is 0 Å². The average molecular weight is 340 g/mol. The molecule has 0 fully saturated rings. The molecule has 0 bridgehead atoms. The van der Waals surface area contributed by atoms with Gasteiger partial charge in [-0.15, -0.1) is 0 Å². The van der Waals surface area contributed by atoms with Crippen LogP contribution in [0, 0.1) is 11.6 Å². The van der Waals surface area contributed by atoms with Gasteiger partial charge in [0.2, 0.25) is 5.91 Å². The van der Waals surface area contributed by atoms with Crippen LogP contribution in [0.25, 0.3) is 10.8 Å². The topological polar surface area (TPSA) is 61.7 Å². The largest absolute Gasteiger partial charge is 0.507 e. The van der Waals surface area contributed by atoms with Crippen molar-refractivity contribution in [2.45, 2.75) is 6.92 Å². The number of hydrogen-bond acceptors (Lipinski definition) is 3. The molecule has 6 heteroatoms. The quantitative estimate of drug-likeness (QED) is 0.688. The predicted molar refractivity (Wildman–Crippen MR) is 93.5 cm³/mol. The maximum Gasteiger partial charge on any atom is 0.221 e. The van der Waals surface area contributed by atoms with Crippen molar-refractivity contribution in [2.75, 3.05) is 5.32 Å². The molecule has 0 radical (unpaired) electrons. The number of nitrogens with zero attached hydrogens (tertiary/aromatic N) is 1. The van der Waals surface area contributed by atoms with E-state index in [0.717, 1.165) is 16.8 Å². The van der Waals surface area contributed by atoms with Crippen LogP contribution in [0.2, 0.25) is 0 Å². The Morgan fingerprint density at radius 1 is 1.12 bits per heavy atom. The first kappa shape index (κ1) is 16.6. The third kappa shape index (κ3) is 3.47. The number of carbonyl (C=O) groups excluding carboxylic acids is 1. The number of fused-ring (bicyclic) bond motifs is 1. The number of hydrogen-bond donors (Lipinski definition) is 2. The van der Waals surface area contributed by atoms with Gasteiger partial charge in [0.25, 0.3) is 0 Å². The van der Waals surface area contributed by atoms with Gasteiger partial charge in [-0.25, -0.2) is 8.78 Å². The fourth-order valence-electron chi connectivity index (χ4n) is 2.48. The van der Waals surface area contributed by atoms with E-state index in [2.05, 4.69) is 10.3 Å². The number of aliphatic imine (C=N–C) groups is 1. The molecule has 25 heavy (non-hydrogen) atoms. The monoisotopic (exact) mass is 340 g/mol. The van der Waals surface area contributed by atoms with Gasteiger partial charge < -0.3 is 10.4 Å². The zero-order valence-electron chi connectivity index (χ0n) is 13.3. The minimum Gasteiger partial charge on any atom is -0.507 e. The first-order valence-electron chi connectivity index (χ1n) is 7.47. The van der Waals surface area contributed by atoms with E-state index in [0.29, 0.717) is 11.6 Å². The molecule has 0 heterocycles. The highest BCUT2D eigenvalue weighted by molar-refractivity contribution is 6.03. The lowest BCUT2D eigenvalue weighted by molar-refractivity contribution is -0.114. The van der Waals surface area contributed by atoms with Gasteiger partial charge in [-0.1, -0.05) is 30.3 Å². The number of nitrogens with one attached hydrogen (secondary N) is 1. The van der Waals surface area contributed by atoms with E-state index >= 15 is 0 Å². The highest BCUT2D eigenvalue weighted by Gasteiger charge is 2.11. The van der Waals surface area contributed by atoms with Crippen molar-refractivity contribution in [3.8, 4) is 5.75 Å². The minimum atomic E-state index is -0.889. The number of anilines is 1. The number of aromatic hydroxyl groups is 1. The van der Waals surface area contributed by atoms with Crippen LogP contribution in [0.15, 0.2) is 53.5 Å². The van der Waals surface area contributed by atoms with Crippen LogP contribution < -0.4 is 5.32 Å². The lowest BCUT2D eigenvalue weighted by Crippen LogP contribution is -2.07. The van der Waals surface area contributed by atoms with E-state index in [-0.39, 0.29) is 17.1 Å². The molecule has 0 spiro atoms. The Labute approximate surface area is 142 Å². The molecule has 1 amide bonds. The highest BCUT2D eigenvalue weighted by atomic mass is 19.1. The first-order chi connectivity index (χ1) is 12.0. The zero-order valence-corrected chi connectivity index (χ0v) is 13.3. The molecular formula is C19H14F2N2O2. The Balaban J connectivity index is 2.06. The summed E-state index contributed by atoms with van der Waals surface area (Å²) in [6.45, 7) is 1.22. The molecule has 126 valence electrons. The van der Waals surface area contributed by atoms with Gasteiger partial charge in [0.1, 0.15) is 17.3 Å². The second kappa shape index (κ2) is 6.68. The molecule has 0 aliphatic rings. The molecule has 3 rings (SSSR count). The van der Waals surface area contributed by atoms with E-state index in [1.165, 1.54) is 19.2 Å². The summed E-state index contributed by atoms with van der Waals surface area (Å²) in [6, 6.07) is 12.4. The van der Waals surface area contributed by atoms with Crippen LogP contribution in [0.5, 0.6) is 5.75 Å². The molecule has 0 saturated carbocycles. The fraction of sp³-hybridized carbons (Fsp3) is 0.0526. The number of rotatable bonds is 3. The highest BCUT2D eigenvalue weighted by Crippen LogP contribution is 2.29. The van der Waals surface area contributed by atoms with Gasteiger partial charge in [-0.3, -0.25) is 9.79 Å². The number of phenolic OH excluding ortho intramolecular Hbond substituents is 1. The molecule has 0 saturated heterocycles. The van der Waals surface area contributed by atoms with Gasteiger partial charge in [-0.2, -0.15) is 0 Å². The normalized spacial score (nSPS) is 11.2. The summed E-state index contributed by atoms with van der Waals surface area (Å²) < 4.78 is 27.6. The third-order valence-corrected chi connectivity index (χ3v) is 3.63. The molecule has 3 aromatic rings. The van der Waals surface area contributed by atoms with Crippen molar-refractivity contribution < 1.29 is 18.7 Å². The van der Waals surface area contributed by atoms with Crippen LogP contribution in [0.4, 0.5) is 20.2 Å². The second-order valence-corrected chi connectivity index (χ2v) is 5.44. The molecule has 2 N–H and O–H groups in total. The molecule has 0 aliphatic carbocycles. The van der Waals surface area contributed by atoms with Crippen molar-refractivity contribution >= 4 is 34.3 Å². The number of phenols is 1. The Morgan fingerprint density at radius 3 is 2.64 bits per heavy atom. The lowest BCUT2D eigenvalue weighted by atomic mass is 10.0. The Hall–Kier alpha value is -3.28. The maximum absolute atomic E-state index is 14.0. The van der Waals surface area contributed by atoms with Crippen molar-refractivity contribution in [1.29, 1.82) is 0 Å². The Kier molecular flexibility index (Phi) is 4.43. The first-order valence-corrected chi connectivity index (χ1v) is 7.47. The Morgan fingerprint density at radius 2 is 1.88 bits per heavy atom. The maximum atomic E-state index is 14.0. The van der Waals surface area contributed by atoms with Crippen molar-refractivity contribution in [3.63, 3.8) is 0 Å². The van der Waals surface area contributed by atoms with E-state index in [1.807, 2.05) is 18.2 Å². The van der Waals surface area contributed by atoms with Crippen molar-refractivity contribution in [2.24, 2.45) is 4.99 Å². The molecule has 3 aromatic carbocycles. The summed E-state index contributed by atoms with van der Waals surface area (Å²) in [7, 11) is 0. The zero-order chi connectivity index (χ0) is 18.0. The summed E-state index contributed by atoms with van der Waals surface area (Å²) in [6.07, 6.45) is 1.31. The van der Waals surface area contributed by atoms with Gasteiger partial charge in [-0.05, 0) is 22.9 Å². The second-order valence-electron chi connectivity index (χ2n) is 5.44. The smallest absolute Gasteiger partial charge is 0.221 e. The summed E-state index contributed by atoms with van der Waals surface area (Å²) in [5.41, 5.74) is 0.101. The van der Waals surface area contributed by atoms with Gasteiger partial charge in [0.15, 0.2) is 5.82 Å². The van der Waals surface area contributed by atoms with Crippen LogP contribution in [-0.2, 0) is 4.79 Å². The molecule has 4 nitrogen and oxygen atoms in total. The molecule has 0 atom stereocenters. The third-order valence-electron chi connectivity index (χ3n) is 3.63. The average Bonchev–Trinajstić information content (AvgIpc) is 2.57. The number of halogens is 2. The molecular weight excluding hydrogens is 326 g/mol. The number of carbonyl (C=O) groups is 1. The van der Waals surface area contributed by atoms with Crippen LogP contribution in [0.1, 0.15) is 12.5 Å². The minimum absolute atomic E-state index is 0.00736. The molecule has 0 aliphatic heterocycles. The van der Waals surface area contributed by atoms with Gasteiger partial charge in [0.05, 0.1) is 5.69 Å². The van der Waals surface area contributed by atoms with Crippen molar-refractivity contribution in [1.82, 2.24) is 0 Å². The summed E-state index contributed by atoms with van der Waals surface area (Å²) in [5.74, 6) is -2.25. The van der Waals surface area contributed by atoms with Crippen LogP contribution >= 0.6 is 0 Å². The molecule has 0 aromatic heterocycles. The standard InChI is InChI=1S/C19H14F2N2O2/c1-11(24)23-18-9-17(15(20)8-16(18)21)22-10-14-13-5-3-2-4-12(13)6-7-19(14)25/h2-10,25H,1H3,(H,23,24). The Bertz CT molecular complexity index is 1000. The number of benzene rings is 3. The predicted octanol–water partition coefficient (Wildman–Crippen LogP) is 4.53. The van der Waals surface area contributed by atoms with E-state index < -0.39 is 17.5 Å².